The molecule has 0 heterocycles. The van der Waals surface area contributed by atoms with Gasteiger partial charge in [0.2, 0.25) is 6.08 Å². The van der Waals surface area contributed by atoms with E-state index < -0.39 is 0 Å². The Hall–Kier alpha value is -0.620. The zero-order valence-corrected chi connectivity index (χ0v) is 16.5. The minimum Gasteiger partial charge on any atom is -0.211 e. The average Bonchev–Trinajstić information content (AvgIpc) is 2.60. The number of isocyanates is 1. The predicted molar refractivity (Wildman–Crippen MR) is 106 cm³/mol. The van der Waals surface area contributed by atoms with Gasteiger partial charge in [0, 0.05) is 0 Å². The topological polar surface area (TPSA) is 29.4 Å². The first kappa shape index (κ1) is 23.4. The minimum atomic E-state index is 0.669. The van der Waals surface area contributed by atoms with Crippen LogP contribution in [-0.2, 0) is 4.79 Å². The molecule has 0 spiro atoms. The van der Waals surface area contributed by atoms with Crippen molar-refractivity contribution >= 4 is 6.08 Å². The molecular weight excluding hydrogens is 294 g/mol. The van der Waals surface area contributed by atoms with Crippen LogP contribution >= 0.6 is 0 Å². The van der Waals surface area contributed by atoms with Crippen molar-refractivity contribution in [3.63, 3.8) is 0 Å². The highest BCUT2D eigenvalue weighted by atomic mass is 16.1. The van der Waals surface area contributed by atoms with Gasteiger partial charge in [0.25, 0.3) is 0 Å². The van der Waals surface area contributed by atoms with E-state index in [1.807, 2.05) is 0 Å². The molecule has 0 aliphatic carbocycles. The Morgan fingerprint density at radius 2 is 0.792 bits per heavy atom. The van der Waals surface area contributed by atoms with Crippen LogP contribution in [0.25, 0.3) is 0 Å². The maximum Gasteiger partial charge on any atom is 0.234 e. The molecule has 0 aromatic rings. The SMILES string of the molecule is CCCCCCCCCCCCCCCCCCCCCN=C=O. The molecule has 0 bridgehead atoms. The molecule has 0 aliphatic heterocycles. The van der Waals surface area contributed by atoms with Gasteiger partial charge in [0.1, 0.15) is 0 Å². The van der Waals surface area contributed by atoms with Crippen molar-refractivity contribution in [1.82, 2.24) is 0 Å². The summed E-state index contributed by atoms with van der Waals surface area (Å²) < 4.78 is 0. The zero-order valence-electron chi connectivity index (χ0n) is 16.5. The number of hydrogen-bond donors (Lipinski definition) is 0. The maximum absolute atomic E-state index is 9.91. The zero-order chi connectivity index (χ0) is 17.6. The summed E-state index contributed by atoms with van der Waals surface area (Å²) in [6, 6.07) is 0. The summed E-state index contributed by atoms with van der Waals surface area (Å²) in [6.07, 6.45) is 28.1. The third kappa shape index (κ3) is 21.4. The van der Waals surface area contributed by atoms with E-state index in [1.54, 1.807) is 6.08 Å². The molecule has 2 nitrogen and oxygen atoms in total. The lowest BCUT2D eigenvalue weighted by Gasteiger charge is -2.03. The monoisotopic (exact) mass is 337 g/mol. The van der Waals surface area contributed by atoms with Crippen molar-refractivity contribution in [3.8, 4) is 0 Å². The molecule has 0 amide bonds. The predicted octanol–water partition coefficient (Wildman–Crippen LogP) is 7.75. The van der Waals surface area contributed by atoms with E-state index in [9.17, 15) is 4.79 Å². The van der Waals surface area contributed by atoms with Crippen molar-refractivity contribution in [2.45, 2.75) is 129 Å². The Labute approximate surface area is 151 Å². The second-order valence-electron chi connectivity index (χ2n) is 7.34. The lowest BCUT2D eigenvalue weighted by atomic mass is 10.0. The lowest BCUT2D eigenvalue weighted by Crippen LogP contribution is -1.85. The van der Waals surface area contributed by atoms with Crippen LogP contribution in [0, 0.1) is 0 Å². The highest BCUT2D eigenvalue weighted by Gasteiger charge is 1.95. The molecule has 24 heavy (non-hydrogen) atoms. The fourth-order valence-electron chi connectivity index (χ4n) is 3.31. The van der Waals surface area contributed by atoms with E-state index in [0.717, 1.165) is 6.42 Å². The summed E-state index contributed by atoms with van der Waals surface area (Å²) in [5, 5.41) is 0. The van der Waals surface area contributed by atoms with Gasteiger partial charge in [-0.15, -0.1) is 0 Å². The molecule has 0 N–H and O–H groups in total. The van der Waals surface area contributed by atoms with Crippen LogP contribution in [0.4, 0.5) is 0 Å². The highest BCUT2D eigenvalue weighted by Crippen LogP contribution is 2.14. The van der Waals surface area contributed by atoms with Gasteiger partial charge in [0.15, 0.2) is 0 Å². The molecule has 0 saturated carbocycles. The fraction of sp³-hybridized carbons (Fsp3) is 0.955. The Balaban J connectivity index is 2.96. The molecule has 0 radical (unpaired) electrons. The lowest BCUT2D eigenvalue weighted by molar-refractivity contribution is 0.523. The Kier molecular flexibility index (Phi) is 21.8. The summed E-state index contributed by atoms with van der Waals surface area (Å²) in [4.78, 5) is 13.5. The second-order valence-corrected chi connectivity index (χ2v) is 7.34. The average molecular weight is 338 g/mol. The van der Waals surface area contributed by atoms with E-state index in [0.29, 0.717) is 6.54 Å². The Morgan fingerprint density at radius 3 is 1.08 bits per heavy atom. The first-order valence-corrected chi connectivity index (χ1v) is 11.0. The van der Waals surface area contributed by atoms with E-state index in [1.165, 1.54) is 116 Å². The van der Waals surface area contributed by atoms with Crippen molar-refractivity contribution in [3.05, 3.63) is 0 Å². The maximum atomic E-state index is 9.91. The minimum absolute atomic E-state index is 0.669. The summed E-state index contributed by atoms with van der Waals surface area (Å²) in [5.74, 6) is 0. The molecule has 0 atom stereocenters. The third-order valence-corrected chi connectivity index (χ3v) is 4.94. The molecule has 0 saturated heterocycles. The van der Waals surface area contributed by atoms with Crippen LogP contribution in [-0.4, -0.2) is 12.6 Å². The quantitative estimate of drug-likeness (QED) is 0.127. The van der Waals surface area contributed by atoms with Crippen molar-refractivity contribution < 1.29 is 4.79 Å². The molecule has 0 aliphatic rings. The van der Waals surface area contributed by atoms with Crippen LogP contribution in [0.15, 0.2) is 4.99 Å². The van der Waals surface area contributed by atoms with Crippen LogP contribution in [0.3, 0.4) is 0 Å². The van der Waals surface area contributed by atoms with Crippen molar-refractivity contribution in [1.29, 1.82) is 0 Å². The van der Waals surface area contributed by atoms with Crippen LogP contribution < -0.4 is 0 Å². The third-order valence-electron chi connectivity index (χ3n) is 4.94. The molecule has 0 fully saturated rings. The van der Waals surface area contributed by atoms with Crippen LogP contribution in [0.2, 0.25) is 0 Å². The fourth-order valence-corrected chi connectivity index (χ4v) is 3.31. The standard InChI is InChI=1S/C22H43NO/c1-2-3-4-5-6-7-8-9-10-11-12-13-14-15-16-17-18-19-20-21-23-22-24/h2-21H2,1H3. The molecule has 0 rings (SSSR count). The number of carbonyl (C=O) groups excluding carboxylic acids is 1. The normalized spacial score (nSPS) is 10.7. The number of rotatable bonds is 20. The van der Waals surface area contributed by atoms with E-state index in [-0.39, 0.29) is 0 Å². The van der Waals surface area contributed by atoms with Gasteiger partial charge in [-0.3, -0.25) is 0 Å². The number of unbranched alkanes of at least 4 members (excludes halogenated alkanes) is 18. The summed E-state index contributed by atoms with van der Waals surface area (Å²) in [5.41, 5.74) is 0. The Bertz CT molecular complexity index is 271. The van der Waals surface area contributed by atoms with Crippen molar-refractivity contribution in [2.75, 3.05) is 6.54 Å². The Morgan fingerprint density at radius 1 is 0.500 bits per heavy atom. The molecule has 0 aromatic heterocycles. The van der Waals surface area contributed by atoms with Gasteiger partial charge >= 0.3 is 0 Å². The molecule has 0 aromatic carbocycles. The summed E-state index contributed by atoms with van der Waals surface area (Å²) in [6.45, 7) is 2.96. The van der Waals surface area contributed by atoms with E-state index >= 15 is 0 Å². The van der Waals surface area contributed by atoms with E-state index in [4.69, 9.17) is 0 Å². The van der Waals surface area contributed by atoms with Gasteiger partial charge < -0.3 is 0 Å². The number of nitrogens with zero attached hydrogens (tertiary/aromatic N) is 1. The van der Waals surface area contributed by atoms with Crippen LogP contribution in [0.5, 0.6) is 0 Å². The molecule has 2 heteroatoms. The highest BCUT2D eigenvalue weighted by molar-refractivity contribution is 5.32. The van der Waals surface area contributed by atoms with Gasteiger partial charge in [-0.1, -0.05) is 122 Å². The van der Waals surface area contributed by atoms with Gasteiger partial charge in [0.05, 0.1) is 6.54 Å². The van der Waals surface area contributed by atoms with Crippen molar-refractivity contribution in [2.24, 2.45) is 4.99 Å². The first-order chi connectivity index (χ1) is 11.9. The first-order valence-electron chi connectivity index (χ1n) is 11.0. The summed E-state index contributed by atoms with van der Waals surface area (Å²) >= 11 is 0. The van der Waals surface area contributed by atoms with Gasteiger partial charge in [-0.25, -0.2) is 9.79 Å². The molecular formula is C22H43NO. The van der Waals surface area contributed by atoms with Gasteiger partial charge in [-0.2, -0.15) is 0 Å². The summed E-state index contributed by atoms with van der Waals surface area (Å²) in [7, 11) is 0. The van der Waals surface area contributed by atoms with E-state index in [2.05, 4.69) is 11.9 Å². The molecule has 0 unspecified atom stereocenters. The smallest absolute Gasteiger partial charge is 0.211 e. The molecule has 142 valence electrons. The second kappa shape index (κ2) is 22.4. The number of hydrogen-bond acceptors (Lipinski definition) is 2. The largest absolute Gasteiger partial charge is 0.234 e. The number of aliphatic imine (C=N–C) groups is 1. The van der Waals surface area contributed by atoms with Crippen LogP contribution in [0.1, 0.15) is 129 Å². The van der Waals surface area contributed by atoms with Gasteiger partial charge in [-0.05, 0) is 6.42 Å².